The number of aromatic nitrogens is 1. The average molecular weight is 288 g/mol. The van der Waals surface area contributed by atoms with Gasteiger partial charge in [-0.3, -0.25) is 0 Å². The number of allylic oxidation sites excluding steroid dienone is 2. The summed E-state index contributed by atoms with van der Waals surface area (Å²) in [7, 11) is -1.74. The van der Waals surface area contributed by atoms with Crippen molar-refractivity contribution >= 4 is 24.0 Å². The van der Waals surface area contributed by atoms with Gasteiger partial charge in [0.2, 0.25) is 0 Å². The lowest BCUT2D eigenvalue weighted by molar-refractivity contribution is 1.06. The van der Waals surface area contributed by atoms with Crippen LogP contribution in [0, 0.1) is 0 Å². The molecular weight excluding hydrogens is 270 g/mol. The molecule has 1 aliphatic rings. The maximum Gasteiger partial charge on any atom is 0.161 e. The van der Waals surface area contributed by atoms with Crippen molar-refractivity contribution in [3.05, 3.63) is 59.9 Å². The second kappa shape index (κ2) is 4.39. The van der Waals surface area contributed by atoms with Gasteiger partial charge >= 0.3 is 0 Å². The first kappa shape index (κ1) is 12.8. The summed E-state index contributed by atoms with van der Waals surface area (Å²) in [5.74, 6) is 0. The molecule has 1 aromatic heterocycles. The van der Waals surface area contributed by atoms with Crippen molar-refractivity contribution in [2.24, 2.45) is 0 Å². The molecule has 3 rings (SSSR count). The van der Waals surface area contributed by atoms with Crippen LogP contribution in [0.3, 0.4) is 0 Å². The Bertz CT molecular complexity index is 635. The van der Waals surface area contributed by atoms with Crippen molar-refractivity contribution in [2.45, 2.75) is 25.6 Å². The van der Waals surface area contributed by atoms with Gasteiger partial charge in [-0.25, -0.2) is 0 Å². The molecule has 3 heteroatoms. The predicted octanol–water partition coefficient (Wildman–Crippen LogP) is 4.96. The largest absolute Gasteiger partial charge is 0.323 e. The van der Waals surface area contributed by atoms with Gasteiger partial charge < -0.3 is 4.57 Å². The van der Waals surface area contributed by atoms with Gasteiger partial charge in [0.1, 0.15) is 0 Å². The molecule has 0 N–H and O–H groups in total. The molecule has 1 heterocycles. The summed E-state index contributed by atoms with van der Waals surface area (Å²) in [6.45, 7) is 6.64. The van der Waals surface area contributed by atoms with E-state index in [2.05, 4.69) is 73.4 Å². The number of fused-ring (bicyclic) bond motifs is 1. The summed E-state index contributed by atoms with van der Waals surface area (Å²) in [5, 5.41) is 0. The van der Waals surface area contributed by atoms with Crippen molar-refractivity contribution in [1.29, 1.82) is 0 Å². The Morgan fingerprint density at radius 2 is 1.79 bits per heavy atom. The van der Waals surface area contributed by atoms with E-state index in [1.807, 2.05) is 0 Å². The zero-order valence-corrected chi connectivity index (χ0v) is 13.3. The summed E-state index contributed by atoms with van der Waals surface area (Å²) in [6, 6.07) is 10.7. The van der Waals surface area contributed by atoms with E-state index in [1.165, 1.54) is 22.4 Å². The van der Waals surface area contributed by atoms with E-state index in [-0.39, 0.29) is 0 Å². The van der Waals surface area contributed by atoms with E-state index in [1.54, 1.807) is 0 Å². The van der Waals surface area contributed by atoms with E-state index in [0.29, 0.717) is 5.54 Å². The Morgan fingerprint density at radius 3 is 2.42 bits per heavy atom. The number of halogens is 1. The fraction of sp³-hybridized carbons (Fsp3) is 0.250. The second-order valence-corrected chi connectivity index (χ2v) is 12.4. The molecule has 98 valence electrons. The molecule has 0 amide bonds. The Kier molecular flexibility index (Phi) is 2.95. The standard InChI is InChI=1S/C16H18ClNSi/c1-12-11-15(19(2,3)17)13-7-6-8-14(16(12)13)18-9-4-5-10-18/h4-11,15H,1-3H3. The summed E-state index contributed by atoms with van der Waals surface area (Å²) < 4.78 is 2.18. The lowest BCUT2D eigenvalue weighted by Crippen LogP contribution is -2.26. The second-order valence-electron chi connectivity index (χ2n) is 5.72. The van der Waals surface area contributed by atoms with Crippen LogP contribution in [0.4, 0.5) is 0 Å². The topological polar surface area (TPSA) is 4.93 Å². The summed E-state index contributed by atoms with van der Waals surface area (Å²) in [5.41, 5.74) is 5.79. The molecule has 0 bridgehead atoms. The average Bonchev–Trinajstić information content (AvgIpc) is 2.96. The van der Waals surface area contributed by atoms with Crippen LogP contribution >= 0.6 is 11.1 Å². The maximum atomic E-state index is 6.70. The molecule has 0 aliphatic heterocycles. The van der Waals surface area contributed by atoms with Crippen LogP contribution in [-0.2, 0) is 0 Å². The van der Waals surface area contributed by atoms with Crippen molar-refractivity contribution in [3.8, 4) is 5.69 Å². The molecule has 1 aromatic carbocycles. The molecule has 1 atom stereocenters. The van der Waals surface area contributed by atoms with Gasteiger partial charge in [0.25, 0.3) is 0 Å². The van der Waals surface area contributed by atoms with Gasteiger partial charge in [-0.1, -0.05) is 31.3 Å². The van der Waals surface area contributed by atoms with Gasteiger partial charge in [0.05, 0.1) is 5.69 Å². The SMILES string of the molecule is CC1=CC([Si](C)(C)Cl)c2cccc(-n3cccc3)c21. The van der Waals surface area contributed by atoms with Crippen LogP contribution < -0.4 is 0 Å². The molecule has 2 aromatic rings. The van der Waals surface area contributed by atoms with Crippen LogP contribution in [0.5, 0.6) is 0 Å². The molecule has 0 spiro atoms. The van der Waals surface area contributed by atoms with Crippen molar-refractivity contribution in [1.82, 2.24) is 4.57 Å². The van der Waals surface area contributed by atoms with Crippen molar-refractivity contribution in [3.63, 3.8) is 0 Å². The summed E-state index contributed by atoms with van der Waals surface area (Å²) in [4.78, 5) is 0. The third kappa shape index (κ3) is 2.09. The minimum Gasteiger partial charge on any atom is -0.323 e. The van der Waals surface area contributed by atoms with Crippen molar-refractivity contribution in [2.75, 3.05) is 0 Å². The van der Waals surface area contributed by atoms with Gasteiger partial charge in [0.15, 0.2) is 7.38 Å². The van der Waals surface area contributed by atoms with Gasteiger partial charge in [-0.2, -0.15) is 11.1 Å². The summed E-state index contributed by atoms with van der Waals surface area (Å²) >= 11 is 6.70. The van der Waals surface area contributed by atoms with Gasteiger partial charge in [-0.05, 0) is 36.3 Å². The van der Waals surface area contributed by atoms with E-state index in [4.69, 9.17) is 11.1 Å². The smallest absolute Gasteiger partial charge is 0.161 e. The number of hydrogen-bond acceptors (Lipinski definition) is 0. The molecule has 0 saturated heterocycles. The quantitative estimate of drug-likeness (QED) is 0.543. The summed E-state index contributed by atoms with van der Waals surface area (Å²) in [6.07, 6.45) is 6.55. The first-order valence-electron chi connectivity index (χ1n) is 6.62. The Balaban J connectivity index is 2.20. The molecule has 0 radical (unpaired) electrons. The Labute approximate surface area is 120 Å². The van der Waals surface area contributed by atoms with Crippen LogP contribution in [-0.4, -0.2) is 12.0 Å². The number of nitrogens with zero attached hydrogens (tertiary/aromatic N) is 1. The van der Waals surface area contributed by atoms with E-state index >= 15 is 0 Å². The molecule has 19 heavy (non-hydrogen) atoms. The van der Waals surface area contributed by atoms with Gasteiger partial charge in [0, 0.05) is 23.5 Å². The molecule has 1 unspecified atom stereocenters. The molecule has 1 aliphatic carbocycles. The third-order valence-corrected chi connectivity index (χ3v) is 6.51. The zero-order chi connectivity index (χ0) is 13.6. The highest BCUT2D eigenvalue weighted by molar-refractivity contribution is 7.20. The molecular formula is C16H18ClNSi. The van der Waals surface area contributed by atoms with Crippen molar-refractivity contribution < 1.29 is 0 Å². The fourth-order valence-electron chi connectivity index (χ4n) is 2.95. The predicted molar refractivity (Wildman–Crippen MR) is 85.5 cm³/mol. The minimum atomic E-state index is -1.74. The van der Waals surface area contributed by atoms with E-state index in [9.17, 15) is 0 Å². The molecule has 0 fully saturated rings. The molecule has 0 saturated carbocycles. The number of benzene rings is 1. The Hall–Kier alpha value is -1.25. The van der Waals surface area contributed by atoms with E-state index in [0.717, 1.165) is 0 Å². The first-order chi connectivity index (χ1) is 8.98. The minimum absolute atomic E-state index is 0.416. The van der Waals surface area contributed by atoms with Crippen LogP contribution in [0.2, 0.25) is 13.1 Å². The maximum absolute atomic E-state index is 6.70. The van der Waals surface area contributed by atoms with Crippen LogP contribution in [0.25, 0.3) is 11.3 Å². The lowest BCUT2D eigenvalue weighted by atomic mass is 10.0. The van der Waals surface area contributed by atoms with Crippen LogP contribution in [0.1, 0.15) is 23.6 Å². The highest BCUT2D eigenvalue weighted by Gasteiger charge is 2.35. The number of rotatable bonds is 2. The monoisotopic (exact) mass is 287 g/mol. The lowest BCUT2D eigenvalue weighted by Gasteiger charge is -2.22. The van der Waals surface area contributed by atoms with Crippen LogP contribution in [0.15, 0.2) is 48.8 Å². The van der Waals surface area contributed by atoms with E-state index < -0.39 is 7.38 Å². The zero-order valence-electron chi connectivity index (χ0n) is 11.5. The normalized spacial score (nSPS) is 18.3. The third-order valence-electron chi connectivity index (χ3n) is 3.84. The highest BCUT2D eigenvalue weighted by Crippen LogP contribution is 2.44. The Morgan fingerprint density at radius 1 is 1.11 bits per heavy atom. The van der Waals surface area contributed by atoms with Gasteiger partial charge in [-0.15, -0.1) is 0 Å². The number of hydrogen-bond donors (Lipinski definition) is 0. The molecule has 1 nitrogen and oxygen atoms in total. The fourth-order valence-corrected chi connectivity index (χ4v) is 5.12. The first-order valence-corrected chi connectivity index (χ1v) is 10.7. The highest BCUT2D eigenvalue weighted by atomic mass is 35.6.